The summed E-state index contributed by atoms with van der Waals surface area (Å²) in [5, 5.41) is 3.20. The van der Waals surface area contributed by atoms with Crippen molar-refractivity contribution in [1.29, 1.82) is 0 Å². The zero-order valence-electron chi connectivity index (χ0n) is 15.6. The fraction of sp³-hybridized carbons (Fsp3) is 0.364. The van der Waals surface area contributed by atoms with Gasteiger partial charge in [-0.2, -0.15) is 0 Å². The van der Waals surface area contributed by atoms with Gasteiger partial charge in [0.25, 0.3) is 5.91 Å². The lowest BCUT2D eigenvalue weighted by atomic mass is 9.85. The first-order valence-corrected chi connectivity index (χ1v) is 9.91. The number of imidazole rings is 1. The number of carbonyl (C=O) groups is 1. The Morgan fingerprint density at radius 2 is 1.93 bits per heavy atom. The van der Waals surface area contributed by atoms with Crippen molar-refractivity contribution in [2.75, 3.05) is 13.2 Å². The molecule has 1 aliphatic heterocycles. The monoisotopic (exact) mass is 377 g/mol. The van der Waals surface area contributed by atoms with Crippen LogP contribution in [-0.2, 0) is 0 Å². The first-order chi connectivity index (χ1) is 13.8. The maximum Gasteiger partial charge on any atom is 0.251 e. The van der Waals surface area contributed by atoms with Crippen LogP contribution in [0.3, 0.4) is 0 Å². The molecule has 2 atom stereocenters. The number of H-pyrrole nitrogens is 1. The molecule has 0 spiro atoms. The highest BCUT2D eigenvalue weighted by atomic mass is 16.6. The molecule has 1 fully saturated rings. The van der Waals surface area contributed by atoms with E-state index in [1.807, 2.05) is 24.3 Å². The number of carbonyl (C=O) groups excluding carboxylic acids is 1. The lowest BCUT2D eigenvalue weighted by molar-refractivity contribution is 0.0923. The second-order valence-corrected chi connectivity index (χ2v) is 7.53. The van der Waals surface area contributed by atoms with Crippen molar-refractivity contribution in [3.63, 3.8) is 0 Å². The van der Waals surface area contributed by atoms with Gasteiger partial charge in [0.2, 0.25) is 0 Å². The highest BCUT2D eigenvalue weighted by Gasteiger charge is 2.27. The van der Waals surface area contributed by atoms with E-state index in [0.29, 0.717) is 36.2 Å². The van der Waals surface area contributed by atoms with E-state index < -0.39 is 0 Å². The van der Waals surface area contributed by atoms with Gasteiger partial charge in [-0.05, 0) is 49.6 Å². The van der Waals surface area contributed by atoms with Gasteiger partial charge < -0.3 is 19.8 Å². The van der Waals surface area contributed by atoms with Gasteiger partial charge in [-0.1, -0.05) is 18.6 Å². The summed E-state index contributed by atoms with van der Waals surface area (Å²) in [6.07, 6.45) is 4.06. The van der Waals surface area contributed by atoms with Crippen LogP contribution in [-0.4, -0.2) is 35.1 Å². The molecule has 28 heavy (non-hydrogen) atoms. The van der Waals surface area contributed by atoms with Gasteiger partial charge in [0, 0.05) is 17.5 Å². The standard InChI is InChI=1S/C22H23N3O3/c26-22(15-8-9-19-20(13-15)28-11-10-27-19)23-16-5-3-4-14(12-16)21-24-17-6-1-2-7-18(17)25-21/h1-2,6-9,13-14,16H,3-5,10-12H2,(H,23,26)(H,24,25)/t14-,16+/m1/s1. The van der Waals surface area contributed by atoms with Crippen LogP contribution in [0.25, 0.3) is 11.0 Å². The highest BCUT2D eigenvalue weighted by Crippen LogP contribution is 2.33. The second kappa shape index (κ2) is 7.19. The number of nitrogens with zero attached hydrogens (tertiary/aromatic N) is 1. The van der Waals surface area contributed by atoms with E-state index in [1.165, 1.54) is 0 Å². The number of fused-ring (bicyclic) bond motifs is 2. The van der Waals surface area contributed by atoms with Gasteiger partial charge in [0.05, 0.1) is 11.0 Å². The number of ether oxygens (including phenoxy) is 2. The molecular formula is C22H23N3O3. The Morgan fingerprint density at radius 3 is 2.82 bits per heavy atom. The fourth-order valence-electron chi connectivity index (χ4n) is 4.19. The number of para-hydroxylation sites is 2. The molecule has 1 aliphatic carbocycles. The van der Waals surface area contributed by atoms with Crippen LogP contribution in [0.4, 0.5) is 0 Å². The van der Waals surface area contributed by atoms with Crippen LogP contribution < -0.4 is 14.8 Å². The SMILES string of the molecule is O=C(N[C@H]1CCC[C@@H](c2nc3ccccc3[nH]2)C1)c1ccc2c(c1)OCCO2. The molecule has 2 heterocycles. The van der Waals surface area contributed by atoms with E-state index >= 15 is 0 Å². The van der Waals surface area contributed by atoms with Crippen LogP contribution >= 0.6 is 0 Å². The molecule has 0 radical (unpaired) electrons. The lowest BCUT2D eigenvalue weighted by Gasteiger charge is -2.29. The van der Waals surface area contributed by atoms with Crippen molar-refractivity contribution in [3.8, 4) is 11.5 Å². The Labute approximate surface area is 163 Å². The molecule has 2 N–H and O–H groups in total. The zero-order chi connectivity index (χ0) is 18.9. The molecule has 6 nitrogen and oxygen atoms in total. The predicted molar refractivity (Wildman–Crippen MR) is 106 cm³/mol. The molecule has 6 heteroatoms. The lowest BCUT2D eigenvalue weighted by Crippen LogP contribution is -2.38. The van der Waals surface area contributed by atoms with Gasteiger partial charge in [-0.25, -0.2) is 4.98 Å². The maximum absolute atomic E-state index is 12.8. The fourth-order valence-corrected chi connectivity index (χ4v) is 4.19. The van der Waals surface area contributed by atoms with E-state index in [1.54, 1.807) is 12.1 Å². The smallest absolute Gasteiger partial charge is 0.251 e. The van der Waals surface area contributed by atoms with Crippen LogP contribution in [0.2, 0.25) is 0 Å². The summed E-state index contributed by atoms with van der Waals surface area (Å²) in [5.41, 5.74) is 2.68. The quantitative estimate of drug-likeness (QED) is 0.728. The van der Waals surface area contributed by atoms with Gasteiger partial charge in [-0.15, -0.1) is 0 Å². The summed E-state index contributed by atoms with van der Waals surface area (Å²) < 4.78 is 11.1. The molecule has 0 bridgehead atoms. The number of aromatic nitrogens is 2. The van der Waals surface area contributed by atoms with Gasteiger partial charge in [0.15, 0.2) is 11.5 Å². The summed E-state index contributed by atoms with van der Waals surface area (Å²) in [4.78, 5) is 21.0. The van der Waals surface area contributed by atoms with E-state index in [2.05, 4.69) is 16.4 Å². The second-order valence-electron chi connectivity index (χ2n) is 7.53. The van der Waals surface area contributed by atoms with E-state index in [9.17, 15) is 4.79 Å². The topological polar surface area (TPSA) is 76.2 Å². The molecule has 1 saturated carbocycles. The molecule has 2 aromatic carbocycles. The van der Waals surface area contributed by atoms with Crippen molar-refractivity contribution in [2.45, 2.75) is 37.6 Å². The summed E-state index contributed by atoms with van der Waals surface area (Å²) in [7, 11) is 0. The number of benzene rings is 2. The summed E-state index contributed by atoms with van der Waals surface area (Å²) in [5.74, 6) is 2.64. The highest BCUT2D eigenvalue weighted by molar-refractivity contribution is 5.95. The first-order valence-electron chi connectivity index (χ1n) is 9.91. The van der Waals surface area contributed by atoms with Crippen molar-refractivity contribution in [1.82, 2.24) is 15.3 Å². The summed E-state index contributed by atoms with van der Waals surface area (Å²) in [6.45, 7) is 1.06. The molecule has 1 amide bonds. The Morgan fingerprint density at radius 1 is 1.07 bits per heavy atom. The molecule has 144 valence electrons. The van der Waals surface area contributed by atoms with E-state index in [0.717, 1.165) is 42.5 Å². The first kappa shape index (κ1) is 17.1. The number of hydrogen-bond donors (Lipinski definition) is 2. The van der Waals surface area contributed by atoms with Crippen LogP contribution in [0.5, 0.6) is 11.5 Å². The third kappa shape index (κ3) is 3.30. The van der Waals surface area contributed by atoms with Crippen molar-refractivity contribution >= 4 is 16.9 Å². The van der Waals surface area contributed by atoms with E-state index in [-0.39, 0.29) is 11.9 Å². The summed E-state index contributed by atoms with van der Waals surface area (Å²) in [6, 6.07) is 13.6. The Balaban J connectivity index is 1.28. The number of amides is 1. The zero-order valence-corrected chi connectivity index (χ0v) is 15.6. The molecule has 3 aromatic rings. The molecule has 1 aromatic heterocycles. The maximum atomic E-state index is 12.8. The third-order valence-electron chi connectivity index (χ3n) is 5.61. The average molecular weight is 377 g/mol. The van der Waals surface area contributed by atoms with Crippen molar-refractivity contribution in [3.05, 3.63) is 53.9 Å². The van der Waals surface area contributed by atoms with Gasteiger partial charge >= 0.3 is 0 Å². The van der Waals surface area contributed by atoms with Crippen LogP contribution in [0.15, 0.2) is 42.5 Å². The summed E-state index contributed by atoms with van der Waals surface area (Å²) >= 11 is 0. The number of aromatic amines is 1. The predicted octanol–water partition coefficient (Wildman–Crippen LogP) is 3.79. The Bertz CT molecular complexity index is 980. The van der Waals surface area contributed by atoms with Crippen LogP contribution in [0, 0.1) is 0 Å². The molecule has 5 rings (SSSR count). The minimum atomic E-state index is -0.0628. The molecular weight excluding hydrogens is 354 g/mol. The molecule has 0 saturated heterocycles. The minimum absolute atomic E-state index is 0.0628. The Kier molecular flexibility index (Phi) is 4.39. The minimum Gasteiger partial charge on any atom is -0.486 e. The van der Waals surface area contributed by atoms with Crippen LogP contribution in [0.1, 0.15) is 47.8 Å². The average Bonchev–Trinajstić information content (AvgIpc) is 3.18. The Hall–Kier alpha value is -3.02. The molecule has 2 aliphatic rings. The van der Waals surface area contributed by atoms with Gasteiger partial charge in [0.1, 0.15) is 19.0 Å². The third-order valence-corrected chi connectivity index (χ3v) is 5.61. The van der Waals surface area contributed by atoms with Gasteiger partial charge in [-0.3, -0.25) is 4.79 Å². The molecule has 0 unspecified atom stereocenters. The normalized spacial score (nSPS) is 21.4. The number of rotatable bonds is 3. The number of hydrogen-bond acceptors (Lipinski definition) is 4. The van der Waals surface area contributed by atoms with E-state index in [4.69, 9.17) is 14.5 Å². The van der Waals surface area contributed by atoms with Crippen molar-refractivity contribution in [2.24, 2.45) is 0 Å². The van der Waals surface area contributed by atoms with Crippen molar-refractivity contribution < 1.29 is 14.3 Å². The number of nitrogens with one attached hydrogen (secondary N) is 2. The largest absolute Gasteiger partial charge is 0.486 e.